The van der Waals surface area contributed by atoms with Crippen molar-refractivity contribution in [3.05, 3.63) is 102 Å². The minimum absolute atomic E-state index is 0.0463. The van der Waals surface area contributed by atoms with Gasteiger partial charge in [0.05, 0.1) is 25.8 Å². The highest BCUT2D eigenvalue weighted by molar-refractivity contribution is 5.86. The van der Waals surface area contributed by atoms with Crippen LogP contribution in [0.15, 0.2) is 84.9 Å². The van der Waals surface area contributed by atoms with Crippen molar-refractivity contribution in [2.45, 2.75) is 84.3 Å². The Morgan fingerprint density at radius 1 is 0.857 bits per heavy atom. The third-order valence-electron chi connectivity index (χ3n) is 6.56. The first-order valence-electron chi connectivity index (χ1n) is 16.5. The number of nitrogens with two attached hydrogens (primary N) is 1. The molecule has 0 radical (unpaired) electrons. The molecule has 3 unspecified atom stereocenters. The maximum absolute atomic E-state index is 12.2. The summed E-state index contributed by atoms with van der Waals surface area (Å²) in [6.45, 7) is 10.1. The van der Waals surface area contributed by atoms with Crippen LogP contribution in [-0.4, -0.2) is 68.1 Å². The molecule has 0 aromatic heterocycles. The van der Waals surface area contributed by atoms with Crippen LogP contribution in [-0.2, 0) is 32.0 Å². The van der Waals surface area contributed by atoms with Crippen molar-refractivity contribution >= 4 is 17.9 Å². The highest BCUT2D eigenvalue weighted by Gasteiger charge is 2.22. The summed E-state index contributed by atoms with van der Waals surface area (Å²) in [6, 6.07) is 27.0. The van der Waals surface area contributed by atoms with Gasteiger partial charge in [-0.05, 0) is 56.0 Å². The van der Waals surface area contributed by atoms with E-state index in [1.165, 1.54) is 13.5 Å². The summed E-state index contributed by atoms with van der Waals surface area (Å²) in [5.74, 6) is 0.00726. The highest BCUT2D eigenvalue weighted by Crippen LogP contribution is 2.23. The van der Waals surface area contributed by atoms with Gasteiger partial charge in [0, 0.05) is 26.6 Å². The molecule has 3 rings (SSSR count). The highest BCUT2D eigenvalue weighted by atomic mass is 16.6. The summed E-state index contributed by atoms with van der Waals surface area (Å²) in [5, 5.41) is 17.6. The van der Waals surface area contributed by atoms with Crippen LogP contribution in [0.3, 0.4) is 0 Å². The molecule has 3 atom stereocenters. The van der Waals surface area contributed by atoms with Crippen LogP contribution in [0.1, 0.15) is 70.2 Å². The molecule has 0 spiro atoms. The van der Waals surface area contributed by atoms with E-state index in [1.54, 1.807) is 7.11 Å². The van der Waals surface area contributed by atoms with Gasteiger partial charge in [0.15, 0.2) is 0 Å². The van der Waals surface area contributed by atoms with Crippen LogP contribution >= 0.6 is 0 Å². The quantitative estimate of drug-likeness (QED) is 0.158. The maximum atomic E-state index is 12.2. The Hall–Kier alpha value is -4.45. The van der Waals surface area contributed by atoms with E-state index in [-0.39, 0.29) is 31.5 Å². The zero-order valence-corrected chi connectivity index (χ0v) is 30.0. The predicted octanol–water partition coefficient (Wildman–Crippen LogP) is 5.06. The summed E-state index contributed by atoms with van der Waals surface area (Å²) in [6.07, 6.45) is -0.0631. The van der Waals surface area contributed by atoms with Gasteiger partial charge in [0.25, 0.3) is 0 Å². The van der Waals surface area contributed by atoms with E-state index in [0.29, 0.717) is 13.0 Å². The van der Waals surface area contributed by atoms with Crippen LogP contribution < -0.4 is 26.4 Å². The number of benzene rings is 3. The number of rotatable bonds is 14. The molecule has 3 amide bonds. The molecule has 0 aliphatic heterocycles. The standard InChI is InChI=1S/C20H25NO3.C15H23N3O4.C3H8/c1-20(2,3)24-19(22)21-18(13-15-9-6-5-7-10-15)16-11-8-12-17(14-16)23-4;1-22-13(7-12(19)8-16)15(21)18-10-14(20)17-9-11-5-3-2-4-6-11;1-3-2/h5-12,14,18H,13H2,1-4H3,(H,21,22);2-6,12-13,19H,7-10,16H2,1H3,(H,17,20)(H,18,21);3H2,1-2H3. The van der Waals surface area contributed by atoms with E-state index in [1.807, 2.05) is 106 Å². The molecule has 0 saturated carbocycles. The molecule has 270 valence electrons. The summed E-state index contributed by atoms with van der Waals surface area (Å²) in [5.41, 5.74) is 7.85. The SMILES string of the molecule is CCC.COC(CC(O)CN)C(=O)NCC(=O)NCc1ccccc1.COc1cccc(C(Cc2ccccc2)NC(=O)OC(C)(C)C)c1. The van der Waals surface area contributed by atoms with Gasteiger partial charge in [0.1, 0.15) is 17.5 Å². The van der Waals surface area contributed by atoms with Crippen molar-refractivity contribution < 1.29 is 33.7 Å². The first-order valence-corrected chi connectivity index (χ1v) is 16.5. The van der Waals surface area contributed by atoms with Gasteiger partial charge in [-0.1, -0.05) is 93.1 Å². The van der Waals surface area contributed by atoms with Crippen molar-refractivity contribution in [2.24, 2.45) is 5.73 Å². The minimum Gasteiger partial charge on any atom is -0.497 e. The maximum Gasteiger partial charge on any atom is 0.408 e. The molecule has 3 aromatic rings. The van der Waals surface area contributed by atoms with Crippen molar-refractivity contribution in [1.82, 2.24) is 16.0 Å². The van der Waals surface area contributed by atoms with Gasteiger partial charge in [0.2, 0.25) is 11.8 Å². The second kappa shape index (κ2) is 23.8. The predicted molar refractivity (Wildman–Crippen MR) is 193 cm³/mol. The lowest BCUT2D eigenvalue weighted by Crippen LogP contribution is -2.43. The minimum atomic E-state index is -0.833. The van der Waals surface area contributed by atoms with Gasteiger partial charge >= 0.3 is 6.09 Å². The Morgan fingerprint density at radius 3 is 1.98 bits per heavy atom. The number of ether oxygens (including phenoxy) is 3. The van der Waals surface area contributed by atoms with Gasteiger partial charge in [-0.25, -0.2) is 4.79 Å². The molecule has 0 aliphatic rings. The molecular formula is C38H56N4O7. The lowest BCUT2D eigenvalue weighted by molar-refractivity contribution is -0.134. The Balaban J connectivity index is 0.000000455. The van der Waals surface area contributed by atoms with E-state index in [9.17, 15) is 19.5 Å². The molecule has 11 heteroatoms. The van der Waals surface area contributed by atoms with Crippen LogP contribution in [0.2, 0.25) is 0 Å². The Bertz CT molecular complexity index is 1350. The fourth-order valence-corrected chi connectivity index (χ4v) is 4.20. The normalized spacial score (nSPS) is 12.3. The van der Waals surface area contributed by atoms with Crippen molar-refractivity contribution in [1.29, 1.82) is 0 Å². The van der Waals surface area contributed by atoms with Crippen molar-refractivity contribution in [2.75, 3.05) is 27.3 Å². The zero-order chi connectivity index (χ0) is 36.7. The van der Waals surface area contributed by atoms with Crippen LogP contribution in [0.5, 0.6) is 5.75 Å². The van der Waals surface area contributed by atoms with Crippen molar-refractivity contribution in [3.63, 3.8) is 0 Å². The number of carbonyl (C=O) groups excluding carboxylic acids is 3. The van der Waals surface area contributed by atoms with E-state index >= 15 is 0 Å². The van der Waals surface area contributed by atoms with Gasteiger partial charge < -0.3 is 41.0 Å². The number of aliphatic hydroxyl groups excluding tert-OH is 1. The first-order chi connectivity index (χ1) is 23.3. The largest absolute Gasteiger partial charge is 0.497 e. The van der Waals surface area contributed by atoms with Crippen molar-refractivity contribution in [3.8, 4) is 5.75 Å². The number of amides is 3. The fourth-order valence-electron chi connectivity index (χ4n) is 4.20. The third-order valence-corrected chi connectivity index (χ3v) is 6.56. The van der Waals surface area contributed by atoms with E-state index < -0.39 is 29.8 Å². The number of hydrogen-bond acceptors (Lipinski definition) is 8. The zero-order valence-electron chi connectivity index (χ0n) is 30.0. The van der Waals surface area contributed by atoms with E-state index in [2.05, 4.69) is 29.8 Å². The van der Waals surface area contributed by atoms with Gasteiger partial charge in [-0.3, -0.25) is 9.59 Å². The first kappa shape index (κ1) is 42.6. The summed E-state index contributed by atoms with van der Waals surface area (Å²) in [7, 11) is 3.00. The van der Waals surface area contributed by atoms with Crippen LogP contribution in [0, 0.1) is 0 Å². The third kappa shape index (κ3) is 19.2. The summed E-state index contributed by atoms with van der Waals surface area (Å²) in [4.78, 5) is 35.7. The molecule has 0 saturated heterocycles. The fraction of sp³-hybridized carbons (Fsp3) is 0.447. The summed E-state index contributed by atoms with van der Waals surface area (Å²) < 4.78 is 15.7. The monoisotopic (exact) mass is 680 g/mol. The Labute approximate surface area is 291 Å². The molecular weight excluding hydrogens is 624 g/mol. The number of methoxy groups -OCH3 is 2. The molecule has 3 aromatic carbocycles. The van der Waals surface area contributed by atoms with E-state index in [4.69, 9.17) is 19.9 Å². The molecule has 0 bridgehead atoms. The van der Waals surface area contributed by atoms with Crippen LogP contribution in [0.25, 0.3) is 0 Å². The van der Waals surface area contributed by atoms with Crippen LogP contribution in [0.4, 0.5) is 4.79 Å². The van der Waals surface area contributed by atoms with E-state index in [0.717, 1.165) is 22.4 Å². The van der Waals surface area contributed by atoms with Gasteiger partial charge in [-0.15, -0.1) is 0 Å². The number of alkyl carbamates (subject to hydrolysis) is 1. The average molecular weight is 681 g/mol. The Morgan fingerprint density at radius 2 is 1.45 bits per heavy atom. The second-order valence-electron chi connectivity index (χ2n) is 12.2. The molecule has 49 heavy (non-hydrogen) atoms. The molecule has 0 aliphatic carbocycles. The number of nitrogens with one attached hydrogen (secondary N) is 3. The Kier molecular flexibility index (Phi) is 20.7. The molecule has 11 nitrogen and oxygen atoms in total. The lowest BCUT2D eigenvalue weighted by atomic mass is 9.99. The summed E-state index contributed by atoms with van der Waals surface area (Å²) >= 11 is 0. The number of aliphatic hydroxyl groups is 1. The average Bonchev–Trinajstić information content (AvgIpc) is 3.09. The molecule has 0 heterocycles. The van der Waals surface area contributed by atoms with Gasteiger partial charge in [-0.2, -0.15) is 0 Å². The molecule has 6 N–H and O–H groups in total. The topological polar surface area (TPSA) is 161 Å². The number of carbonyl (C=O) groups is 3. The smallest absolute Gasteiger partial charge is 0.408 e. The number of hydrogen-bond donors (Lipinski definition) is 5. The second-order valence-corrected chi connectivity index (χ2v) is 12.2. The molecule has 0 fully saturated rings. The lowest BCUT2D eigenvalue weighted by Gasteiger charge is -2.24.